The fourth-order valence-corrected chi connectivity index (χ4v) is 1.88. The molecule has 5 heteroatoms. The predicted octanol–water partition coefficient (Wildman–Crippen LogP) is 3.26. The van der Waals surface area contributed by atoms with Gasteiger partial charge in [0.25, 0.3) is 0 Å². The first-order valence-corrected chi connectivity index (χ1v) is 6.68. The van der Waals surface area contributed by atoms with Gasteiger partial charge in [0.15, 0.2) is 0 Å². The number of hydrogen-bond acceptors (Lipinski definition) is 3. The summed E-state index contributed by atoms with van der Waals surface area (Å²) in [6, 6.07) is 5.02. The van der Waals surface area contributed by atoms with Crippen molar-refractivity contribution in [2.75, 3.05) is 0 Å². The number of carbonyl (C=O) groups is 2. The lowest BCUT2D eigenvalue weighted by Gasteiger charge is -2.31. The number of carboxylic acid groups (broad SMARTS) is 2. The van der Waals surface area contributed by atoms with Crippen LogP contribution in [0.3, 0.4) is 0 Å². The van der Waals surface area contributed by atoms with Crippen molar-refractivity contribution >= 4 is 11.9 Å². The molecule has 21 heavy (non-hydrogen) atoms. The average molecular weight is 295 g/mol. The first-order valence-electron chi connectivity index (χ1n) is 6.68. The van der Waals surface area contributed by atoms with E-state index in [1.165, 1.54) is 24.3 Å². The van der Waals surface area contributed by atoms with Crippen LogP contribution in [0.5, 0.6) is 0 Å². The Kier molecular flexibility index (Phi) is 6.57. The number of hydrogen-bond donors (Lipinski definition) is 3. The molecule has 1 aromatic rings. The molecule has 0 unspecified atom stereocenters. The Labute approximate surface area is 126 Å². The topological polar surface area (TPSA) is 86.6 Å². The highest BCUT2D eigenvalue weighted by Gasteiger charge is 2.18. The monoisotopic (exact) mass is 295 g/mol. The predicted molar refractivity (Wildman–Crippen MR) is 83.0 cm³/mol. The lowest BCUT2D eigenvalue weighted by molar-refractivity contribution is 0.0681. The first kappa shape index (κ1) is 19.1. The number of benzene rings is 1. The lowest BCUT2D eigenvalue weighted by Crippen LogP contribution is -2.48. The van der Waals surface area contributed by atoms with Gasteiger partial charge in [0.2, 0.25) is 0 Å². The molecule has 0 radical (unpaired) electrons. The second-order valence-corrected chi connectivity index (χ2v) is 6.81. The largest absolute Gasteiger partial charge is 0.478 e. The van der Waals surface area contributed by atoms with Gasteiger partial charge in [-0.3, -0.25) is 0 Å². The fraction of sp³-hybridized carbons (Fsp3) is 0.500. The second-order valence-electron chi connectivity index (χ2n) is 6.81. The van der Waals surface area contributed by atoms with Crippen LogP contribution in [0.2, 0.25) is 0 Å². The number of aromatic carboxylic acids is 2. The SMILES string of the molecule is CC(C)(C)NC(C)(C)C.O=C(O)c1ccc(C(=O)O)cc1. The summed E-state index contributed by atoms with van der Waals surface area (Å²) in [5, 5.41) is 20.4. The van der Waals surface area contributed by atoms with Gasteiger partial charge in [-0.1, -0.05) is 0 Å². The van der Waals surface area contributed by atoms with E-state index in [-0.39, 0.29) is 22.2 Å². The van der Waals surface area contributed by atoms with Crippen molar-refractivity contribution in [1.82, 2.24) is 5.32 Å². The molecule has 0 aromatic heterocycles. The van der Waals surface area contributed by atoms with Crippen molar-refractivity contribution in [3.05, 3.63) is 35.4 Å². The van der Waals surface area contributed by atoms with E-state index in [4.69, 9.17) is 10.2 Å². The molecular formula is C16H25NO4. The number of rotatable bonds is 2. The van der Waals surface area contributed by atoms with Crippen LogP contribution in [0.15, 0.2) is 24.3 Å². The van der Waals surface area contributed by atoms with E-state index in [0.717, 1.165) is 0 Å². The van der Waals surface area contributed by atoms with Crippen molar-refractivity contribution in [3.63, 3.8) is 0 Å². The molecule has 0 fully saturated rings. The van der Waals surface area contributed by atoms with Gasteiger partial charge in [-0.05, 0) is 65.8 Å². The maximum atomic E-state index is 10.3. The van der Waals surface area contributed by atoms with E-state index >= 15 is 0 Å². The highest BCUT2D eigenvalue weighted by Crippen LogP contribution is 2.08. The maximum Gasteiger partial charge on any atom is 0.335 e. The fourth-order valence-electron chi connectivity index (χ4n) is 1.88. The van der Waals surface area contributed by atoms with Crippen LogP contribution in [0.1, 0.15) is 62.3 Å². The molecule has 0 saturated heterocycles. The van der Waals surface area contributed by atoms with E-state index in [0.29, 0.717) is 0 Å². The molecule has 0 atom stereocenters. The molecular weight excluding hydrogens is 270 g/mol. The zero-order valence-electron chi connectivity index (χ0n) is 13.5. The molecule has 0 bridgehead atoms. The quantitative estimate of drug-likeness (QED) is 0.779. The standard InChI is InChI=1S/C8H19N.C8H6O4/c1-7(2,3)9-8(4,5)6;9-7(10)5-1-2-6(4-3-5)8(11)12/h9H,1-6H3;1-4H,(H,9,10)(H,11,12). The third-order valence-electron chi connectivity index (χ3n) is 2.13. The molecule has 0 saturated carbocycles. The van der Waals surface area contributed by atoms with Gasteiger partial charge in [0.05, 0.1) is 11.1 Å². The molecule has 0 heterocycles. The van der Waals surface area contributed by atoms with Gasteiger partial charge < -0.3 is 15.5 Å². The zero-order valence-corrected chi connectivity index (χ0v) is 13.5. The van der Waals surface area contributed by atoms with Crippen molar-refractivity contribution < 1.29 is 19.8 Å². The zero-order chi connectivity index (χ0) is 16.8. The minimum atomic E-state index is -1.06. The number of nitrogens with one attached hydrogen (secondary N) is 1. The molecule has 118 valence electrons. The summed E-state index contributed by atoms with van der Waals surface area (Å²) in [7, 11) is 0. The molecule has 0 spiro atoms. The normalized spacial score (nSPS) is 11.3. The molecule has 0 amide bonds. The Morgan fingerprint density at radius 2 is 1.00 bits per heavy atom. The average Bonchev–Trinajstić information content (AvgIpc) is 2.24. The van der Waals surface area contributed by atoms with Crippen molar-refractivity contribution in [2.24, 2.45) is 0 Å². The molecule has 3 N–H and O–H groups in total. The van der Waals surface area contributed by atoms with E-state index in [1.807, 2.05) is 0 Å². The minimum absolute atomic E-state index is 0.0833. The summed E-state index contributed by atoms with van der Waals surface area (Å²) in [5.74, 6) is -2.13. The first-order chi connectivity index (χ1) is 9.32. The second kappa shape index (κ2) is 7.22. The van der Waals surface area contributed by atoms with Crippen molar-refractivity contribution in [3.8, 4) is 0 Å². The molecule has 1 aromatic carbocycles. The van der Waals surface area contributed by atoms with Crippen LogP contribution in [0.4, 0.5) is 0 Å². The molecule has 0 aliphatic rings. The summed E-state index contributed by atoms with van der Waals surface area (Å²) in [4.78, 5) is 20.7. The smallest absolute Gasteiger partial charge is 0.335 e. The van der Waals surface area contributed by atoms with Crippen LogP contribution in [0, 0.1) is 0 Å². The van der Waals surface area contributed by atoms with Gasteiger partial charge in [-0.15, -0.1) is 0 Å². The summed E-state index contributed by atoms with van der Waals surface area (Å²) < 4.78 is 0. The summed E-state index contributed by atoms with van der Waals surface area (Å²) in [6.07, 6.45) is 0. The molecule has 0 aliphatic heterocycles. The van der Waals surface area contributed by atoms with Crippen LogP contribution in [-0.2, 0) is 0 Å². The van der Waals surface area contributed by atoms with Gasteiger partial charge >= 0.3 is 11.9 Å². The molecule has 1 rings (SSSR count). The summed E-state index contributed by atoms with van der Waals surface area (Å²) in [6.45, 7) is 13.1. The number of carboxylic acids is 2. The van der Waals surface area contributed by atoms with E-state index < -0.39 is 11.9 Å². The Morgan fingerprint density at radius 3 is 1.10 bits per heavy atom. The highest BCUT2D eigenvalue weighted by atomic mass is 16.4. The van der Waals surface area contributed by atoms with Crippen molar-refractivity contribution in [2.45, 2.75) is 52.6 Å². The van der Waals surface area contributed by atoms with Crippen LogP contribution < -0.4 is 5.32 Å². The van der Waals surface area contributed by atoms with Gasteiger partial charge in [-0.2, -0.15) is 0 Å². The van der Waals surface area contributed by atoms with E-state index in [1.54, 1.807) is 0 Å². The van der Waals surface area contributed by atoms with E-state index in [2.05, 4.69) is 46.9 Å². The summed E-state index contributed by atoms with van der Waals surface area (Å²) >= 11 is 0. The third-order valence-corrected chi connectivity index (χ3v) is 2.13. The van der Waals surface area contributed by atoms with Crippen LogP contribution in [-0.4, -0.2) is 33.2 Å². The van der Waals surface area contributed by atoms with Gasteiger partial charge in [0, 0.05) is 11.1 Å². The van der Waals surface area contributed by atoms with E-state index in [9.17, 15) is 9.59 Å². The van der Waals surface area contributed by atoms with Gasteiger partial charge in [0.1, 0.15) is 0 Å². The van der Waals surface area contributed by atoms with Crippen LogP contribution in [0.25, 0.3) is 0 Å². The van der Waals surface area contributed by atoms with Crippen molar-refractivity contribution in [1.29, 1.82) is 0 Å². The Bertz CT molecular complexity index is 433. The minimum Gasteiger partial charge on any atom is -0.478 e. The Hall–Kier alpha value is -1.88. The van der Waals surface area contributed by atoms with Crippen LogP contribution >= 0.6 is 0 Å². The summed E-state index contributed by atoms with van der Waals surface area (Å²) in [5.41, 5.74) is 0.635. The Morgan fingerprint density at radius 1 is 0.762 bits per heavy atom. The Balaban J connectivity index is 0.000000400. The molecule has 5 nitrogen and oxygen atoms in total. The maximum absolute atomic E-state index is 10.3. The van der Waals surface area contributed by atoms with Gasteiger partial charge in [-0.25, -0.2) is 9.59 Å². The lowest BCUT2D eigenvalue weighted by atomic mass is 10.0. The third kappa shape index (κ3) is 9.62. The molecule has 0 aliphatic carbocycles. The highest BCUT2D eigenvalue weighted by molar-refractivity contribution is 5.91.